The molecule has 0 heterocycles. The van der Waals surface area contributed by atoms with Gasteiger partial charge in [-0.2, -0.15) is 0 Å². The summed E-state index contributed by atoms with van der Waals surface area (Å²) in [6.07, 6.45) is 0. The van der Waals surface area contributed by atoms with Crippen LogP contribution in [-0.2, 0) is 0 Å². The van der Waals surface area contributed by atoms with Crippen LogP contribution in [0.15, 0.2) is 57.9 Å². The maximum Gasteiger partial charge on any atom is 0.0370 e. The van der Waals surface area contributed by atoms with Crippen LogP contribution >= 0.6 is 27.7 Å². The van der Waals surface area contributed by atoms with Crippen molar-refractivity contribution in [3.8, 4) is 0 Å². The topological polar surface area (TPSA) is 12.0 Å². The highest BCUT2D eigenvalue weighted by Gasteiger charge is 1.99. The number of para-hydroxylation sites is 1. The molecular weight excluding hydrogens is 306 g/mol. The van der Waals surface area contributed by atoms with Gasteiger partial charge in [-0.15, -0.1) is 11.8 Å². The Morgan fingerprint density at radius 2 is 1.78 bits per heavy atom. The highest BCUT2D eigenvalue weighted by molar-refractivity contribution is 9.10. The van der Waals surface area contributed by atoms with Crippen molar-refractivity contribution < 1.29 is 0 Å². The lowest BCUT2D eigenvalue weighted by Crippen LogP contribution is -2.05. The van der Waals surface area contributed by atoms with E-state index in [1.165, 1.54) is 20.6 Å². The van der Waals surface area contributed by atoms with E-state index in [-0.39, 0.29) is 0 Å². The summed E-state index contributed by atoms with van der Waals surface area (Å²) >= 11 is 5.43. The average Bonchev–Trinajstić information content (AvgIpc) is 2.38. The highest BCUT2D eigenvalue weighted by Crippen LogP contribution is 2.26. The number of rotatable bonds is 5. The second-order valence-electron chi connectivity index (χ2n) is 4.02. The van der Waals surface area contributed by atoms with Crippen LogP contribution in [0.2, 0.25) is 0 Å². The first-order valence-electron chi connectivity index (χ1n) is 5.94. The van der Waals surface area contributed by atoms with Crippen LogP contribution < -0.4 is 5.32 Å². The smallest absolute Gasteiger partial charge is 0.0370 e. The highest BCUT2D eigenvalue weighted by atomic mass is 79.9. The minimum absolute atomic E-state index is 0.969. The summed E-state index contributed by atoms with van der Waals surface area (Å²) in [6.45, 7) is 3.10. The largest absolute Gasteiger partial charge is 0.384 e. The Morgan fingerprint density at radius 3 is 2.56 bits per heavy atom. The fourth-order valence-corrected chi connectivity index (χ4v) is 3.11. The summed E-state index contributed by atoms with van der Waals surface area (Å²) in [4.78, 5) is 1.30. The molecule has 94 valence electrons. The molecule has 3 heteroatoms. The number of nitrogens with one attached hydrogen (secondary N) is 1. The normalized spacial score (nSPS) is 10.3. The Morgan fingerprint density at radius 1 is 1.06 bits per heavy atom. The Labute approximate surface area is 121 Å². The van der Waals surface area contributed by atoms with E-state index in [2.05, 4.69) is 70.6 Å². The zero-order valence-electron chi connectivity index (χ0n) is 10.3. The van der Waals surface area contributed by atoms with Gasteiger partial charge >= 0.3 is 0 Å². The second-order valence-corrected chi connectivity index (χ2v) is 6.01. The summed E-state index contributed by atoms with van der Waals surface area (Å²) in [5, 5.41) is 3.47. The van der Waals surface area contributed by atoms with E-state index in [1.54, 1.807) is 0 Å². The lowest BCUT2D eigenvalue weighted by atomic mass is 10.2. The van der Waals surface area contributed by atoms with Gasteiger partial charge in [-0.1, -0.05) is 30.3 Å². The summed E-state index contributed by atoms with van der Waals surface area (Å²) in [7, 11) is 0. The van der Waals surface area contributed by atoms with E-state index >= 15 is 0 Å². The van der Waals surface area contributed by atoms with Crippen LogP contribution in [0.4, 0.5) is 5.69 Å². The summed E-state index contributed by atoms with van der Waals surface area (Å²) < 4.78 is 1.17. The third kappa shape index (κ3) is 3.79. The van der Waals surface area contributed by atoms with Crippen molar-refractivity contribution in [2.45, 2.75) is 11.8 Å². The van der Waals surface area contributed by atoms with Crippen LogP contribution in [-0.4, -0.2) is 12.3 Å². The molecule has 0 unspecified atom stereocenters. The average molecular weight is 322 g/mol. The van der Waals surface area contributed by atoms with E-state index in [0.717, 1.165) is 12.3 Å². The van der Waals surface area contributed by atoms with Crippen LogP contribution in [0.1, 0.15) is 5.56 Å². The van der Waals surface area contributed by atoms with Gasteiger partial charge in [0.25, 0.3) is 0 Å². The molecule has 2 rings (SSSR count). The van der Waals surface area contributed by atoms with Crippen LogP contribution in [0.3, 0.4) is 0 Å². The maximum atomic E-state index is 3.56. The van der Waals surface area contributed by atoms with Crippen LogP contribution in [0, 0.1) is 6.92 Å². The molecule has 0 aromatic heterocycles. The van der Waals surface area contributed by atoms with Gasteiger partial charge in [0.2, 0.25) is 0 Å². The van der Waals surface area contributed by atoms with Crippen molar-refractivity contribution in [3.63, 3.8) is 0 Å². The van der Waals surface area contributed by atoms with Gasteiger partial charge in [0.05, 0.1) is 0 Å². The molecule has 0 aliphatic carbocycles. The second kappa shape index (κ2) is 6.86. The van der Waals surface area contributed by atoms with Crippen LogP contribution in [0.25, 0.3) is 0 Å². The molecule has 0 spiro atoms. The fourth-order valence-electron chi connectivity index (χ4n) is 1.68. The molecule has 0 aliphatic heterocycles. The van der Waals surface area contributed by atoms with Crippen molar-refractivity contribution >= 4 is 33.4 Å². The summed E-state index contributed by atoms with van der Waals surface area (Å²) in [6, 6.07) is 16.7. The van der Waals surface area contributed by atoms with Gasteiger partial charge in [0.15, 0.2) is 0 Å². The van der Waals surface area contributed by atoms with Gasteiger partial charge in [0.1, 0.15) is 0 Å². The molecule has 0 aliphatic rings. The van der Waals surface area contributed by atoms with Crippen molar-refractivity contribution in [2.24, 2.45) is 0 Å². The molecule has 1 N–H and O–H groups in total. The summed E-state index contributed by atoms with van der Waals surface area (Å²) in [5.74, 6) is 1.05. The molecule has 18 heavy (non-hydrogen) atoms. The Bertz CT molecular complexity index is 466. The maximum absolute atomic E-state index is 3.56. The van der Waals surface area contributed by atoms with E-state index < -0.39 is 0 Å². The first kappa shape index (κ1) is 13.5. The van der Waals surface area contributed by atoms with Gasteiger partial charge in [-0.3, -0.25) is 0 Å². The fraction of sp³-hybridized carbons (Fsp3) is 0.200. The minimum atomic E-state index is 0.969. The van der Waals surface area contributed by atoms with Gasteiger partial charge < -0.3 is 5.32 Å². The van der Waals surface area contributed by atoms with E-state index in [0.29, 0.717) is 0 Å². The molecule has 1 nitrogen and oxygen atoms in total. The van der Waals surface area contributed by atoms with E-state index in [9.17, 15) is 0 Å². The number of hydrogen-bond donors (Lipinski definition) is 1. The quantitative estimate of drug-likeness (QED) is 0.617. The van der Waals surface area contributed by atoms with Crippen molar-refractivity contribution in [3.05, 3.63) is 58.6 Å². The Hall–Kier alpha value is -0.930. The molecule has 0 bridgehead atoms. The molecule has 2 aromatic rings. The molecule has 0 amide bonds. The van der Waals surface area contributed by atoms with Crippen LogP contribution in [0.5, 0.6) is 0 Å². The van der Waals surface area contributed by atoms with E-state index in [4.69, 9.17) is 0 Å². The molecule has 0 fully saturated rings. The lowest BCUT2D eigenvalue weighted by molar-refractivity contribution is 1.21. The first-order chi connectivity index (χ1) is 8.77. The van der Waals surface area contributed by atoms with Gasteiger partial charge in [-0.05, 0) is 46.6 Å². The summed E-state index contributed by atoms with van der Waals surface area (Å²) in [5.41, 5.74) is 2.52. The molecule has 2 aromatic carbocycles. The number of thioether (sulfide) groups is 1. The molecule has 0 saturated carbocycles. The number of anilines is 1. The molecule has 0 radical (unpaired) electrons. The lowest BCUT2D eigenvalue weighted by Gasteiger charge is -2.09. The van der Waals surface area contributed by atoms with Gasteiger partial charge in [0, 0.05) is 27.4 Å². The number of hydrogen-bond acceptors (Lipinski definition) is 2. The van der Waals surface area contributed by atoms with Crippen molar-refractivity contribution in [2.75, 3.05) is 17.6 Å². The standard InChI is InChI=1S/C15H16BrNS/c1-12-6-2-4-8-14(12)17-10-11-18-15-9-5-3-7-13(15)16/h2-9,17H,10-11H2,1H3. The minimum Gasteiger partial charge on any atom is -0.384 e. The zero-order valence-corrected chi connectivity index (χ0v) is 12.7. The molecule has 0 atom stereocenters. The number of aryl methyl sites for hydroxylation is 1. The first-order valence-corrected chi connectivity index (χ1v) is 7.72. The van der Waals surface area contributed by atoms with Crippen molar-refractivity contribution in [1.29, 1.82) is 0 Å². The Kier molecular flexibility index (Phi) is 5.14. The molecule has 0 saturated heterocycles. The third-order valence-corrected chi connectivity index (χ3v) is 4.69. The number of halogens is 1. The monoisotopic (exact) mass is 321 g/mol. The predicted molar refractivity (Wildman–Crippen MR) is 84.5 cm³/mol. The SMILES string of the molecule is Cc1ccccc1NCCSc1ccccc1Br. The van der Waals surface area contributed by atoms with Crippen molar-refractivity contribution in [1.82, 2.24) is 0 Å². The third-order valence-electron chi connectivity index (χ3n) is 2.66. The molecular formula is C15H16BrNS. The van der Waals surface area contributed by atoms with Gasteiger partial charge in [-0.25, -0.2) is 0 Å². The predicted octanol–water partition coefficient (Wildman–Crippen LogP) is 4.96. The zero-order chi connectivity index (χ0) is 12.8. The Balaban J connectivity index is 1.80. The van der Waals surface area contributed by atoms with E-state index in [1.807, 2.05) is 17.8 Å². The number of benzene rings is 2.